The van der Waals surface area contributed by atoms with Crippen molar-refractivity contribution in [2.75, 3.05) is 19.5 Å². The van der Waals surface area contributed by atoms with Crippen molar-refractivity contribution in [2.45, 2.75) is 31.4 Å². The largest absolute Gasteiger partial charge is 0.385 e. The third-order valence-corrected chi connectivity index (χ3v) is 3.41. The Balaban J connectivity index is 3.51. The Bertz CT molecular complexity index is 128. The van der Waals surface area contributed by atoms with Gasteiger partial charge in [-0.1, -0.05) is 6.92 Å². The van der Waals surface area contributed by atoms with Gasteiger partial charge >= 0.3 is 0 Å². The summed E-state index contributed by atoms with van der Waals surface area (Å²) in [6.07, 6.45) is 2.96. The Morgan fingerprint density at radius 3 is 2.67 bits per heavy atom. The van der Waals surface area contributed by atoms with E-state index in [0.717, 1.165) is 31.5 Å². The minimum Gasteiger partial charge on any atom is -0.385 e. The summed E-state index contributed by atoms with van der Waals surface area (Å²) in [7, 11) is 1.70. The average Bonchev–Trinajstić information content (AvgIpc) is 2.12. The van der Waals surface area contributed by atoms with Crippen LogP contribution in [0.15, 0.2) is 0 Å². The second kappa shape index (κ2) is 6.49. The summed E-state index contributed by atoms with van der Waals surface area (Å²) in [6.45, 7) is 4.81. The fraction of sp³-hybridized carbons (Fsp3) is 0.889. The smallest absolute Gasteiger partial charge is 0.135 e. The lowest BCUT2D eigenvalue weighted by molar-refractivity contribution is -0.109. The zero-order valence-corrected chi connectivity index (χ0v) is 8.95. The van der Waals surface area contributed by atoms with Gasteiger partial charge in [0, 0.05) is 13.7 Å². The molecule has 1 atom stereocenters. The van der Waals surface area contributed by atoms with Crippen LogP contribution in [0.2, 0.25) is 0 Å². The van der Waals surface area contributed by atoms with Crippen LogP contribution in [0.25, 0.3) is 0 Å². The molecule has 0 spiro atoms. The molecule has 3 heteroatoms. The third kappa shape index (κ3) is 4.78. The molecule has 0 N–H and O–H groups in total. The Morgan fingerprint density at radius 1 is 1.58 bits per heavy atom. The molecule has 0 aromatic heterocycles. The minimum absolute atomic E-state index is 0.187. The van der Waals surface area contributed by atoms with Gasteiger partial charge < -0.3 is 9.53 Å². The van der Waals surface area contributed by atoms with E-state index in [0.29, 0.717) is 0 Å². The van der Waals surface area contributed by atoms with E-state index in [2.05, 4.69) is 0 Å². The highest BCUT2D eigenvalue weighted by Crippen LogP contribution is 2.26. The maximum Gasteiger partial charge on any atom is 0.135 e. The number of hydrogen-bond acceptors (Lipinski definition) is 3. The summed E-state index contributed by atoms with van der Waals surface area (Å²) in [4.78, 5) is 10.7. The summed E-state index contributed by atoms with van der Waals surface area (Å²) in [5, 5.41) is 0. The first kappa shape index (κ1) is 12.0. The number of rotatable bonds is 7. The van der Waals surface area contributed by atoms with Gasteiger partial charge in [0.15, 0.2) is 0 Å². The number of hydrogen-bond donors (Lipinski definition) is 0. The molecule has 0 bridgehead atoms. The van der Waals surface area contributed by atoms with E-state index in [1.165, 1.54) is 0 Å². The quantitative estimate of drug-likeness (QED) is 0.454. The zero-order chi connectivity index (χ0) is 9.45. The van der Waals surface area contributed by atoms with Crippen molar-refractivity contribution in [3.8, 4) is 0 Å². The van der Waals surface area contributed by atoms with Gasteiger partial charge in [-0.25, -0.2) is 0 Å². The standard InChI is InChI=1S/C9H18O2S/c1-4-9(2,8-10)12-7-5-6-11-3/h8H,4-7H2,1-3H3. The molecule has 0 aliphatic heterocycles. The normalized spacial score (nSPS) is 15.6. The van der Waals surface area contributed by atoms with Crippen LogP contribution in [0.5, 0.6) is 0 Å². The Hall–Kier alpha value is -0.0200. The maximum absolute atomic E-state index is 10.7. The fourth-order valence-electron chi connectivity index (χ4n) is 0.728. The summed E-state index contributed by atoms with van der Waals surface area (Å²) < 4.78 is 4.74. The first-order chi connectivity index (χ1) is 5.68. The molecule has 0 saturated carbocycles. The molecule has 72 valence electrons. The minimum atomic E-state index is -0.187. The second-order valence-electron chi connectivity index (χ2n) is 2.98. The summed E-state index contributed by atoms with van der Waals surface area (Å²) >= 11 is 1.72. The molecule has 0 saturated heterocycles. The fourth-order valence-corrected chi connectivity index (χ4v) is 1.73. The number of carbonyl (C=O) groups is 1. The van der Waals surface area contributed by atoms with Gasteiger partial charge in [0.05, 0.1) is 4.75 Å². The molecule has 0 radical (unpaired) electrons. The molecule has 0 amide bonds. The second-order valence-corrected chi connectivity index (χ2v) is 4.61. The molecule has 12 heavy (non-hydrogen) atoms. The zero-order valence-electron chi connectivity index (χ0n) is 8.13. The topological polar surface area (TPSA) is 26.3 Å². The van der Waals surface area contributed by atoms with Crippen LogP contribution in [0, 0.1) is 0 Å². The van der Waals surface area contributed by atoms with E-state index in [-0.39, 0.29) is 4.75 Å². The molecule has 0 aromatic carbocycles. The molecular formula is C9H18O2S. The first-order valence-corrected chi connectivity index (χ1v) is 5.26. The van der Waals surface area contributed by atoms with Crippen molar-refractivity contribution in [3.63, 3.8) is 0 Å². The Kier molecular flexibility index (Phi) is 6.48. The van der Waals surface area contributed by atoms with Crippen molar-refractivity contribution < 1.29 is 9.53 Å². The van der Waals surface area contributed by atoms with Crippen molar-refractivity contribution in [1.29, 1.82) is 0 Å². The predicted molar refractivity (Wildman–Crippen MR) is 53.7 cm³/mol. The number of carbonyl (C=O) groups excluding carboxylic acids is 1. The molecule has 0 rings (SSSR count). The van der Waals surface area contributed by atoms with E-state index >= 15 is 0 Å². The highest BCUT2D eigenvalue weighted by Gasteiger charge is 2.20. The van der Waals surface area contributed by atoms with Crippen LogP contribution in [0.1, 0.15) is 26.7 Å². The van der Waals surface area contributed by atoms with Gasteiger partial charge in [0.2, 0.25) is 0 Å². The summed E-state index contributed by atoms with van der Waals surface area (Å²) in [5.74, 6) is 0.997. The van der Waals surface area contributed by atoms with Crippen LogP contribution in [0.4, 0.5) is 0 Å². The van der Waals surface area contributed by atoms with Crippen LogP contribution in [0.3, 0.4) is 0 Å². The number of aldehydes is 1. The maximum atomic E-state index is 10.7. The van der Waals surface area contributed by atoms with Gasteiger partial charge in [0.25, 0.3) is 0 Å². The van der Waals surface area contributed by atoms with E-state index < -0.39 is 0 Å². The lowest BCUT2D eigenvalue weighted by Crippen LogP contribution is -2.21. The Morgan fingerprint density at radius 2 is 2.25 bits per heavy atom. The molecule has 1 unspecified atom stereocenters. The molecule has 2 nitrogen and oxygen atoms in total. The van der Waals surface area contributed by atoms with E-state index in [9.17, 15) is 4.79 Å². The number of methoxy groups -OCH3 is 1. The highest BCUT2D eigenvalue weighted by atomic mass is 32.2. The monoisotopic (exact) mass is 190 g/mol. The van der Waals surface area contributed by atoms with Crippen LogP contribution in [-0.4, -0.2) is 30.5 Å². The van der Waals surface area contributed by atoms with Crippen molar-refractivity contribution in [2.24, 2.45) is 0 Å². The van der Waals surface area contributed by atoms with Crippen LogP contribution in [-0.2, 0) is 9.53 Å². The molecule has 0 aliphatic carbocycles. The lowest BCUT2D eigenvalue weighted by Gasteiger charge is -2.19. The van der Waals surface area contributed by atoms with Crippen molar-refractivity contribution in [1.82, 2.24) is 0 Å². The SMILES string of the molecule is CCC(C)(C=O)SCCCOC. The first-order valence-electron chi connectivity index (χ1n) is 4.27. The van der Waals surface area contributed by atoms with Crippen LogP contribution >= 0.6 is 11.8 Å². The molecule has 0 aromatic rings. The summed E-state index contributed by atoms with van der Waals surface area (Å²) in [6, 6.07) is 0. The molecular weight excluding hydrogens is 172 g/mol. The van der Waals surface area contributed by atoms with Gasteiger partial charge in [-0.15, -0.1) is 11.8 Å². The molecule has 0 aliphatic rings. The van der Waals surface area contributed by atoms with Gasteiger partial charge in [-0.2, -0.15) is 0 Å². The van der Waals surface area contributed by atoms with Gasteiger partial charge in [0.1, 0.15) is 6.29 Å². The third-order valence-electron chi connectivity index (χ3n) is 1.88. The predicted octanol–water partition coefficient (Wildman–Crippen LogP) is 2.12. The van der Waals surface area contributed by atoms with E-state index in [1.807, 2.05) is 13.8 Å². The number of thioether (sulfide) groups is 1. The molecule has 0 fully saturated rings. The molecule has 0 heterocycles. The average molecular weight is 190 g/mol. The van der Waals surface area contributed by atoms with E-state index in [4.69, 9.17) is 4.74 Å². The summed E-state index contributed by atoms with van der Waals surface area (Å²) in [5.41, 5.74) is 0. The lowest BCUT2D eigenvalue weighted by atomic mass is 10.1. The van der Waals surface area contributed by atoms with Crippen molar-refractivity contribution in [3.05, 3.63) is 0 Å². The van der Waals surface area contributed by atoms with Gasteiger partial charge in [-0.3, -0.25) is 0 Å². The Labute approximate surface area is 79.1 Å². The number of ether oxygens (including phenoxy) is 1. The van der Waals surface area contributed by atoms with Crippen molar-refractivity contribution >= 4 is 18.0 Å². The van der Waals surface area contributed by atoms with Gasteiger partial charge in [-0.05, 0) is 25.5 Å². The van der Waals surface area contributed by atoms with Crippen LogP contribution < -0.4 is 0 Å². The highest BCUT2D eigenvalue weighted by molar-refractivity contribution is 8.01. The van der Waals surface area contributed by atoms with E-state index in [1.54, 1.807) is 18.9 Å².